The second-order valence-corrected chi connectivity index (χ2v) is 6.77. The van der Waals surface area contributed by atoms with Gasteiger partial charge in [0.15, 0.2) is 10.8 Å². The second-order valence-electron chi connectivity index (χ2n) is 5.01. The maximum Gasteiger partial charge on any atom is 0.237 e. The Morgan fingerprint density at radius 3 is 2.88 bits per heavy atom. The lowest BCUT2D eigenvalue weighted by Crippen LogP contribution is -2.22. The van der Waals surface area contributed by atoms with E-state index in [0.717, 1.165) is 5.52 Å². The fourth-order valence-corrected chi connectivity index (χ4v) is 2.97. The van der Waals surface area contributed by atoms with Crippen LogP contribution in [0.1, 0.15) is 12.5 Å². The number of thioether (sulfide) groups is 1. The molecule has 2 N–H and O–H groups in total. The number of amides is 1. The molecule has 8 heteroatoms. The van der Waals surface area contributed by atoms with E-state index < -0.39 is 0 Å². The van der Waals surface area contributed by atoms with Gasteiger partial charge >= 0.3 is 0 Å². The van der Waals surface area contributed by atoms with Crippen LogP contribution < -0.4 is 5.32 Å². The number of hydrogen-bond donors (Lipinski definition) is 2. The van der Waals surface area contributed by atoms with Crippen molar-refractivity contribution in [1.82, 2.24) is 15.0 Å². The summed E-state index contributed by atoms with van der Waals surface area (Å²) < 4.78 is 0. The first-order valence-corrected chi connectivity index (χ1v) is 8.30. The molecule has 0 unspecified atom stereocenters. The topological polar surface area (TPSA) is 94.5 Å². The summed E-state index contributed by atoms with van der Waals surface area (Å²) in [6.07, 6.45) is 1.53. The van der Waals surface area contributed by atoms with Gasteiger partial charge in [-0.2, -0.15) is 5.26 Å². The first-order chi connectivity index (χ1) is 11.5. The number of nitrogens with zero attached hydrogens (tertiary/aromatic N) is 3. The summed E-state index contributed by atoms with van der Waals surface area (Å²) in [5, 5.41) is 12.3. The van der Waals surface area contributed by atoms with E-state index in [4.69, 9.17) is 16.9 Å². The molecule has 3 rings (SSSR count). The zero-order valence-electron chi connectivity index (χ0n) is 12.6. The fourth-order valence-electron chi connectivity index (χ4n) is 2.00. The summed E-state index contributed by atoms with van der Waals surface area (Å²) >= 11 is 7.19. The molecule has 3 aromatic rings. The molecule has 0 spiro atoms. The van der Waals surface area contributed by atoms with Crippen molar-refractivity contribution in [2.24, 2.45) is 0 Å². The molecule has 0 aliphatic rings. The van der Waals surface area contributed by atoms with E-state index >= 15 is 0 Å². The van der Waals surface area contributed by atoms with Gasteiger partial charge in [-0.15, -0.1) is 0 Å². The van der Waals surface area contributed by atoms with Crippen molar-refractivity contribution in [1.29, 1.82) is 5.26 Å². The van der Waals surface area contributed by atoms with E-state index in [9.17, 15) is 4.79 Å². The van der Waals surface area contributed by atoms with Gasteiger partial charge in [-0.25, -0.2) is 9.97 Å². The summed E-state index contributed by atoms with van der Waals surface area (Å²) in [4.78, 5) is 23.8. The van der Waals surface area contributed by atoms with Crippen LogP contribution in [0, 0.1) is 11.3 Å². The van der Waals surface area contributed by atoms with Crippen LogP contribution in [-0.4, -0.2) is 26.1 Å². The average molecular weight is 358 g/mol. The first kappa shape index (κ1) is 16.3. The minimum Gasteiger partial charge on any atom is -0.331 e. The number of aromatic amines is 1. The Morgan fingerprint density at radius 1 is 1.42 bits per heavy atom. The molecule has 2 heterocycles. The van der Waals surface area contributed by atoms with Gasteiger partial charge in [0, 0.05) is 11.9 Å². The van der Waals surface area contributed by atoms with Gasteiger partial charge in [0.25, 0.3) is 0 Å². The van der Waals surface area contributed by atoms with Crippen LogP contribution in [0.3, 0.4) is 0 Å². The fraction of sp³-hybridized carbons (Fsp3) is 0.125. The van der Waals surface area contributed by atoms with Crippen LogP contribution in [0.25, 0.3) is 11.2 Å². The van der Waals surface area contributed by atoms with Crippen molar-refractivity contribution < 1.29 is 4.79 Å². The molecule has 0 aliphatic carbocycles. The number of hydrogen-bond acceptors (Lipinski definition) is 5. The average Bonchev–Trinajstić information content (AvgIpc) is 2.96. The van der Waals surface area contributed by atoms with Gasteiger partial charge < -0.3 is 10.3 Å². The summed E-state index contributed by atoms with van der Waals surface area (Å²) in [7, 11) is 0. The van der Waals surface area contributed by atoms with Crippen molar-refractivity contribution in [3.63, 3.8) is 0 Å². The lowest BCUT2D eigenvalue weighted by Gasteiger charge is -2.10. The van der Waals surface area contributed by atoms with Crippen LogP contribution in [0.4, 0.5) is 5.69 Å². The van der Waals surface area contributed by atoms with E-state index in [1.54, 1.807) is 37.3 Å². The largest absolute Gasteiger partial charge is 0.331 e. The zero-order chi connectivity index (χ0) is 17.1. The number of benzene rings is 1. The lowest BCUT2D eigenvalue weighted by atomic mass is 10.2. The second kappa shape index (κ2) is 6.91. The molecule has 0 radical (unpaired) electrons. The number of fused-ring (bicyclic) bond motifs is 1. The number of nitriles is 1. The van der Waals surface area contributed by atoms with Crippen molar-refractivity contribution in [3.05, 3.63) is 47.1 Å². The quantitative estimate of drug-likeness (QED) is 0.695. The van der Waals surface area contributed by atoms with Gasteiger partial charge in [-0.05, 0) is 37.3 Å². The normalized spacial score (nSPS) is 11.9. The molecule has 1 amide bonds. The van der Waals surface area contributed by atoms with Crippen LogP contribution in [0.5, 0.6) is 0 Å². The Labute approximate surface area is 147 Å². The van der Waals surface area contributed by atoms with Gasteiger partial charge in [-0.1, -0.05) is 23.4 Å². The number of nitrogens with one attached hydrogen (secondary N) is 2. The summed E-state index contributed by atoms with van der Waals surface area (Å²) in [6, 6.07) is 10.5. The highest BCUT2D eigenvalue weighted by Crippen LogP contribution is 2.24. The van der Waals surface area contributed by atoms with Gasteiger partial charge in [0.1, 0.15) is 0 Å². The molecule has 120 valence electrons. The molecule has 1 aromatic carbocycles. The molecule has 6 nitrogen and oxygen atoms in total. The monoisotopic (exact) mass is 357 g/mol. The maximum atomic E-state index is 12.3. The van der Waals surface area contributed by atoms with Crippen LogP contribution in [0.2, 0.25) is 5.02 Å². The van der Waals surface area contributed by atoms with Crippen molar-refractivity contribution in [3.8, 4) is 6.07 Å². The van der Waals surface area contributed by atoms with E-state index in [-0.39, 0.29) is 11.2 Å². The third-order valence-corrected chi connectivity index (χ3v) is 4.41. The highest BCUT2D eigenvalue weighted by atomic mass is 35.5. The standard InChI is InChI=1S/C16H12ClN5OS/c1-9(15(23)20-12-4-2-10(7-18)3-5-12)24-16-21-13-6-11(17)8-19-14(13)22-16/h2-6,8-9H,1H3,(H,20,23)(H,19,21,22)/t9-/m0/s1. The molecule has 24 heavy (non-hydrogen) atoms. The third-order valence-electron chi connectivity index (χ3n) is 3.22. The van der Waals surface area contributed by atoms with Crippen molar-refractivity contribution in [2.75, 3.05) is 5.32 Å². The Balaban J connectivity index is 1.67. The molecule has 0 saturated heterocycles. The zero-order valence-corrected chi connectivity index (χ0v) is 14.1. The number of aromatic nitrogens is 3. The number of anilines is 1. The highest BCUT2D eigenvalue weighted by Gasteiger charge is 2.17. The molecular formula is C16H12ClN5OS. The van der Waals surface area contributed by atoms with E-state index in [2.05, 4.69) is 20.3 Å². The molecule has 0 aliphatic heterocycles. The minimum absolute atomic E-state index is 0.156. The molecule has 0 saturated carbocycles. The van der Waals surface area contributed by atoms with E-state index in [0.29, 0.717) is 27.1 Å². The molecule has 1 atom stereocenters. The number of halogens is 1. The first-order valence-electron chi connectivity index (χ1n) is 7.04. The molecule has 0 fully saturated rings. The van der Waals surface area contributed by atoms with Crippen LogP contribution in [0.15, 0.2) is 41.7 Å². The molecular weight excluding hydrogens is 346 g/mol. The van der Waals surface area contributed by atoms with Crippen LogP contribution >= 0.6 is 23.4 Å². The maximum absolute atomic E-state index is 12.3. The highest BCUT2D eigenvalue weighted by molar-refractivity contribution is 8.00. The Kier molecular flexibility index (Phi) is 4.69. The van der Waals surface area contributed by atoms with E-state index in [1.165, 1.54) is 18.0 Å². The number of H-pyrrole nitrogens is 1. The summed E-state index contributed by atoms with van der Waals surface area (Å²) in [6.45, 7) is 1.79. The van der Waals surface area contributed by atoms with Gasteiger partial charge in [0.05, 0.1) is 27.4 Å². The number of imidazole rings is 1. The SMILES string of the molecule is C[C@H](Sc1nc2ncc(Cl)cc2[nH]1)C(=O)Nc1ccc(C#N)cc1. The molecule has 0 bridgehead atoms. The van der Waals surface area contributed by atoms with Gasteiger partial charge in [0.2, 0.25) is 5.91 Å². The van der Waals surface area contributed by atoms with Crippen LogP contribution in [-0.2, 0) is 4.79 Å². The minimum atomic E-state index is -0.364. The Hall–Kier alpha value is -2.56. The predicted octanol–water partition coefficient (Wildman–Crippen LogP) is 3.60. The van der Waals surface area contributed by atoms with E-state index in [1.807, 2.05) is 6.07 Å². The number of carbonyl (C=O) groups excluding carboxylic acids is 1. The molecule has 2 aromatic heterocycles. The van der Waals surface area contributed by atoms with Crippen molar-refractivity contribution >= 4 is 46.1 Å². The van der Waals surface area contributed by atoms with Crippen molar-refractivity contribution in [2.45, 2.75) is 17.3 Å². The smallest absolute Gasteiger partial charge is 0.237 e. The number of carbonyl (C=O) groups is 1. The number of pyridine rings is 1. The predicted molar refractivity (Wildman–Crippen MR) is 94.0 cm³/mol. The Bertz CT molecular complexity index is 932. The number of rotatable bonds is 4. The van der Waals surface area contributed by atoms with Gasteiger partial charge in [-0.3, -0.25) is 4.79 Å². The summed E-state index contributed by atoms with van der Waals surface area (Å²) in [5.74, 6) is -0.156. The lowest BCUT2D eigenvalue weighted by molar-refractivity contribution is -0.115. The summed E-state index contributed by atoms with van der Waals surface area (Å²) in [5.41, 5.74) is 2.47. The Morgan fingerprint density at radius 2 is 2.17 bits per heavy atom. The third kappa shape index (κ3) is 3.67.